The molecule has 3 aromatic rings. The first kappa shape index (κ1) is 18.0. The number of rotatable bonds is 4. The lowest BCUT2D eigenvalue weighted by molar-refractivity contribution is 0.146. The number of nitrogens with zero attached hydrogens (tertiary/aromatic N) is 3. The van der Waals surface area contributed by atoms with Crippen molar-refractivity contribution in [3.05, 3.63) is 58.7 Å². The van der Waals surface area contributed by atoms with Gasteiger partial charge in [0, 0.05) is 17.0 Å². The molecule has 2 heterocycles. The molecule has 0 bridgehead atoms. The third-order valence-corrected chi connectivity index (χ3v) is 4.05. The number of anilines is 1. The molecule has 0 spiro atoms. The minimum Gasteiger partial charge on any atom is -0.363 e. The van der Waals surface area contributed by atoms with Gasteiger partial charge in [-0.3, -0.25) is 0 Å². The van der Waals surface area contributed by atoms with E-state index in [2.05, 4.69) is 20.3 Å². The fraction of sp³-hybridized carbons (Fsp3) is 0.278. The summed E-state index contributed by atoms with van der Waals surface area (Å²) in [7, 11) is 0. The van der Waals surface area contributed by atoms with E-state index < -0.39 is 29.8 Å². The number of aryl methyl sites for hydroxylation is 2. The van der Waals surface area contributed by atoms with E-state index in [0.29, 0.717) is 22.4 Å². The fourth-order valence-corrected chi connectivity index (χ4v) is 2.82. The zero-order chi connectivity index (χ0) is 19.0. The molecule has 3 rings (SSSR count). The molecule has 0 aliphatic carbocycles. The first-order valence-corrected chi connectivity index (χ1v) is 7.92. The van der Waals surface area contributed by atoms with E-state index in [9.17, 15) is 17.6 Å². The van der Waals surface area contributed by atoms with Crippen LogP contribution in [0, 0.1) is 25.6 Å². The number of hydrogen-bond acceptors (Lipinski definition) is 4. The summed E-state index contributed by atoms with van der Waals surface area (Å²) in [6, 6.07) is 4.34. The van der Waals surface area contributed by atoms with E-state index in [0.717, 1.165) is 6.07 Å². The Morgan fingerprint density at radius 1 is 1.00 bits per heavy atom. The number of nitrogens with one attached hydrogen (secondary N) is 1. The first-order chi connectivity index (χ1) is 12.3. The highest BCUT2D eigenvalue weighted by Crippen LogP contribution is 2.30. The summed E-state index contributed by atoms with van der Waals surface area (Å²) < 4.78 is 53.9. The van der Waals surface area contributed by atoms with Gasteiger partial charge < -0.3 is 5.32 Å². The van der Waals surface area contributed by atoms with Crippen LogP contribution < -0.4 is 5.32 Å². The largest absolute Gasteiger partial charge is 0.363 e. The highest BCUT2D eigenvalue weighted by Gasteiger charge is 2.20. The van der Waals surface area contributed by atoms with Crippen molar-refractivity contribution >= 4 is 16.7 Å². The molecule has 1 aromatic carbocycles. The molecule has 0 radical (unpaired) electrons. The first-order valence-electron chi connectivity index (χ1n) is 7.92. The Morgan fingerprint density at radius 3 is 2.38 bits per heavy atom. The number of hydrogen-bond donors (Lipinski definition) is 1. The van der Waals surface area contributed by atoms with Crippen LogP contribution in [0.1, 0.15) is 42.0 Å². The molecule has 0 amide bonds. The maximum absolute atomic E-state index is 14.4. The summed E-state index contributed by atoms with van der Waals surface area (Å²) in [5, 5.41) is 3.36. The van der Waals surface area contributed by atoms with Gasteiger partial charge in [-0.2, -0.15) is 4.39 Å². The summed E-state index contributed by atoms with van der Waals surface area (Å²) in [4.78, 5) is 12.2. The van der Waals surface area contributed by atoms with Crippen molar-refractivity contribution in [2.75, 3.05) is 5.32 Å². The van der Waals surface area contributed by atoms with E-state index in [-0.39, 0.29) is 11.4 Å². The smallest absolute Gasteiger partial charge is 0.266 e. The molecule has 4 nitrogen and oxygen atoms in total. The van der Waals surface area contributed by atoms with Crippen LogP contribution in [0.25, 0.3) is 10.9 Å². The van der Waals surface area contributed by atoms with E-state index in [4.69, 9.17) is 0 Å². The van der Waals surface area contributed by atoms with Crippen LogP contribution in [0.4, 0.5) is 23.4 Å². The summed E-state index contributed by atoms with van der Waals surface area (Å²) in [5.41, 5.74) is 0.270. The highest BCUT2D eigenvalue weighted by atomic mass is 19.3. The van der Waals surface area contributed by atoms with Crippen LogP contribution in [0.15, 0.2) is 24.3 Å². The molecule has 0 saturated carbocycles. The third kappa shape index (κ3) is 3.31. The van der Waals surface area contributed by atoms with Gasteiger partial charge in [-0.25, -0.2) is 28.1 Å². The Kier molecular flexibility index (Phi) is 4.76. The maximum atomic E-state index is 14.4. The number of fused-ring (bicyclic) bond motifs is 1. The molecule has 26 heavy (non-hydrogen) atoms. The minimum atomic E-state index is -2.91. The third-order valence-electron chi connectivity index (χ3n) is 4.05. The number of aromatic nitrogens is 3. The van der Waals surface area contributed by atoms with Crippen molar-refractivity contribution in [3.63, 3.8) is 0 Å². The number of alkyl halides is 2. The van der Waals surface area contributed by atoms with Gasteiger partial charge in [-0.15, -0.1) is 0 Å². The predicted octanol–water partition coefficient (Wildman–Crippen LogP) is 5.03. The highest BCUT2D eigenvalue weighted by molar-refractivity contribution is 5.90. The monoisotopic (exact) mass is 364 g/mol. The molecule has 8 heteroatoms. The lowest BCUT2D eigenvalue weighted by Crippen LogP contribution is -2.12. The van der Waals surface area contributed by atoms with Gasteiger partial charge in [0.1, 0.15) is 17.5 Å². The molecule has 0 aliphatic heterocycles. The van der Waals surface area contributed by atoms with Gasteiger partial charge in [0.05, 0.1) is 22.8 Å². The maximum Gasteiger partial charge on any atom is 0.266 e. The van der Waals surface area contributed by atoms with E-state index >= 15 is 0 Å². The van der Waals surface area contributed by atoms with Crippen LogP contribution in [-0.4, -0.2) is 15.0 Å². The van der Waals surface area contributed by atoms with Gasteiger partial charge in [-0.1, -0.05) is 18.2 Å². The summed E-state index contributed by atoms with van der Waals surface area (Å²) in [6.45, 7) is 4.90. The molecule has 0 fully saturated rings. The van der Waals surface area contributed by atoms with E-state index in [1.807, 2.05) is 0 Å². The van der Waals surface area contributed by atoms with Crippen molar-refractivity contribution in [2.24, 2.45) is 0 Å². The Bertz CT molecular complexity index is 975. The Labute approximate surface area is 147 Å². The quantitative estimate of drug-likeness (QED) is 0.521. The second-order valence-corrected chi connectivity index (χ2v) is 5.96. The van der Waals surface area contributed by atoms with Crippen LogP contribution in [-0.2, 0) is 0 Å². The zero-order valence-electron chi connectivity index (χ0n) is 14.3. The second-order valence-electron chi connectivity index (χ2n) is 5.96. The van der Waals surface area contributed by atoms with Crippen LogP contribution in [0.5, 0.6) is 0 Å². The lowest BCUT2D eigenvalue weighted by Gasteiger charge is -2.19. The Balaban J connectivity index is 2.06. The molecule has 2 aromatic heterocycles. The molecule has 1 N–H and O–H groups in total. The van der Waals surface area contributed by atoms with Crippen LogP contribution >= 0.6 is 0 Å². The van der Waals surface area contributed by atoms with Crippen LogP contribution in [0.3, 0.4) is 0 Å². The molecule has 1 unspecified atom stereocenters. The van der Waals surface area contributed by atoms with Crippen molar-refractivity contribution in [3.8, 4) is 0 Å². The van der Waals surface area contributed by atoms with E-state index in [1.54, 1.807) is 20.8 Å². The van der Waals surface area contributed by atoms with Gasteiger partial charge in [0.2, 0.25) is 5.95 Å². The fourth-order valence-electron chi connectivity index (χ4n) is 2.82. The molecular formula is C18H16F4N4. The number of halogens is 4. The SMILES string of the molecule is Cc1nc(NC(C)c2cccc(C(F)F)c2F)c2cc(F)nc(C)c2n1. The zero-order valence-corrected chi connectivity index (χ0v) is 14.3. The van der Waals surface area contributed by atoms with E-state index in [1.165, 1.54) is 18.2 Å². The normalized spacial score (nSPS) is 12.6. The van der Waals surface area contributed by atoms with Crippen molar-refractivity contribution in [1.29, 1.82) is 0 Å². The topological polar surface area (TPSA) is 50.7 Å². The van der Waals surface area contributed by atoms with Gasteiger partial charge >= 0.3 is 0 Å². The van der Waals surface area contributed by atoms with Gasteiger partial charge in [0.15, 0.2) is 0 Å². The predicted molar refractivity (Wildman–Crippen MR) is 90.2 cm³/mol. The Hall–Kier alpha value is -2.77. The average molecular weight is 364 g/mol. The second kappa shape index (κ2) is 6.86. The minimum absolute atomic E-state index is 0.0680. The van der Waals surface area contributed by atoms with Crippen molar-refractivity contribution < 1.29 is 17.6 Å². The lowest BCUT2D eigenvalue weighted by atomic mass is 10.0. The summed E-state index contributed by atoms with van der Waals surface area (Å²) in [5.74, 6) is -0.956. The number of pyridine rings is 1. The molecule has 136 valence electrons. The molecular weight excluding hydrogens is 348 g/mol. The number of benzene rings is 1. The van der Waals surface area contributed by atoms with Crippen LogP contribution in [0.2, 0.25) is 0 Å². The summed E-state index contributed by atoms with van der Waals surface area (Å²) >= 11 is 0. The standard InChI is InChI=1S/C18H16F4N4/c1-8(11-5-4-6-12(15(11)20)17(21)22)24-18-13-7-14(19)23-9(2)16(13)25-10(3)26-18/h4-8,17H,1-3H3,(H,24,25,26). The van der Waals surface area contributed by atoms with Crippen molar-refractivity contribution in [1.82, 2.24) is 15.0 Å². The summed E-state index contributed by atoms with van der Waals surface area (Å²) in [6.07, 6.45) is -2.91. The average Bonchev–Trinajstić information content (AvgIpc) is 2.55. The van der Waals surface area contributed by atoms with Gasteiger partial charge in [-0.05, 0) is 20.8 Å². The molecule has 0 aliphatic rings. The van der Waals surface area contributed by atoms with Gasteiger partial charge in [0.25, 0.3) is 6.43 Å². The molecule has 0 saturated heterocycles. The van der Waals surface area contributed by atoms with Crippen molar-refractivity contribution in [2.45, 2.75) is 33.2 Å². The Morgan fingerprint density at radius 2 is 1.69 bits per heavy atom. The molecule has 1 atom stereocenters.